The Bertz CT molecular complexity index is 550. The molecule has 0 fully saturated rings. The summed E-state index contributed by atoms with van der Waals surface area (Å²) in [4.78, 5) is -0.953. The second kappa shape index (κ2) is 5.46. The fourth-order valence-electron chi connectivity index (χ4n) is 1.58. The molecule has 0 atom stereocenters. The van der Waals surface area contributed by atoms with E-state index >= 15 is 0 Å². The minimum Gasteiger partial charge on any atom is -0.207 e. The molecule has 0 amide bonds. The third kappa shape index (κ3) is 3.24. The van der Waals surface area contributed by atoms with Crippen molar-refractivity contribution in [2.24, 2.45) is 0 Å². The van der Waals surface area contributed by atoms with Crippen LogP contribution in [0.2, 0.25) is 0 Å². The van der Waals surface area contributed by atoms with Crippen molar-refractivity contribution < 1.29 is 26.0 Å². The van der Waals surface area contributed by atoms with Crippen LogP contribution in [-0.4, -0.2) is 25.8 Å². The Kier molecular flexibility index (Phi) is 4.57. The van der Waals surface area contributed by atoms with Gasteiger partial charge in [0.2, 0.25) is 10.0 Å². The summed E-state index contributed by atoms with van der Waals surface area (Å²) in [5.74, 6) is -1.19. The van der Waals surface area contributed by atoms with Crippen LogP contribution in [0.1, 0.15) is 19.4 Å². The molecule has 1 aromatic carbocycles. The Labute approximate surface area is 108 Å². The average molecular weight is 299 g/mol. The minimum atomic E-state index is -4.72. The lowest BCUT2D eigenvalue weighted by molar-refractivity contribution is -0.137. The SMILES string of the molecule is CCN(CC)S(=O)(=O)c1cc(C(F)(F)F)ccc1F. The molecule has 8 heteroatoms. The summed E-state index contributed by atoms with van der Waals surface area (Å²) in [7, 11) is -4.26. The van der Waals surface area contributed by atoms with Gasteiger partial charge >= 0.3 is 6.18 Å². The van der Waals surface area contributed by atoms with E-state index in [-0.39, 0.29) is 13.1 Å². The van der Waals surface area contributed by atoms with E-state index in [2.05, 4.69) is 0 Å². The Balaban J connectivity index is 3.42. The number of nitrogens with zero attached hydrogens (tertiary/aromatic N) is 1. The van der Waals surface area contributed by atoms with Crippen LogP contribution >= 0.6 is 0 Å². The number of benzene rings is 1. The number of rotatable bonds is 4. The van der Waals surface area contributed by atoms with Crippen LogP contribution in [0.5, 0.6) is 0 Å². The molecule has 0 spiro atoms. The predicted molar refractivity (Wildman–Crippen MR) is 61.5 cm³/mol. The number of sulfonamides is 1. The topological polar surface area (TPSA) is 37.4 Å². The molecule has 0 saturated carbocycles. The second-order valence-electron chi connectivity index (χ2n) is 3.73. The molecule has 0 unspecified atom stereocenters. The first kappa shape index (κ1) is 15.9. The maximum Gasteiger partial charge on any atom is 0.416 e. The van der Waals surface area contributed by atoms with Gasteiger partial charge in [-0.25, -0.2) is 12.8 Å². The third-order valence-corrected chi connectivity index (χ3v) is 4.65. The van der Waals surface area contributed by atoms with Crippen molar-refractivity contribution in [2.45, 2.75) is 24.9 Å². The summed E-state index contributed by atoms with van der Waals surface area (Å²) < 4.78 is 76.0. The molecule has 0 aliphatic carbocycles. The number of hydrogen-bond acceptors (Lipinski definition) is 2. The van der Waals surface area contributed by atoms with Gasteiger partial charge in [-0.1, -0.05) is 13.8 Å². The van der Waals surface area contributed by atoms with Gasteiger partial charge < -0.3 is 0 Å². The highest BCUT2D eigenvalue weighted by molar-refractivity contribution is 7.89. The maximum absolute atomic E-state index is 13.5. The number of alkyl halides is 3. The highest BCUT2D eigenvalue weighted by atomic mass is 32.2. The summed E-state index contributed by atoms with van der Waals surface area (Å²) in [5, 5.41) is 0. The smallest absolute Gasteiger partial charge is 0.207 e. The van der Waals surface area contributed by atoms with Crippen LogP contribution < -0.4 is 0 Å². The average Bonchev–Trinajstić information content (AvgIpc) is 2.28. The molecule has 0 aliphatic rings. The molecule has 0 saturated heterocycles. The Hall–Kier alpha value is -1.15. The molecule has 1 rings (SSSR count). The zero-order chi connectivity index (χ0) is 14.8. The standard InChI is InChI=1S/C11H13F4NO2S/c1-3-16(4-2)19(17,18)10-7-8(11(13,14)15)5-6-9(10)12/h5-7H,3-4H2,1-2H3. The quantitative estimate of drug-likeness (QED) is 0.802. The Morgan fingerprint density at radius 3 is 2.11 bits per heavy atom. The molecular weight excluding hydrogens is 286 g/mol. The van der Waals surface area contributed by atoms with Crippen LogP contribution in [0.15, 0.2) is 23.1 Å². The summed E-state index contributed by atoms with van der Waals surface area (Å²) >= 11 is 0. The first-order valence-electron chi connectivity index (χ1n) is 5.51. The lowest BCUT2D eigenvalue weighted by Crippen LogP contribution is -2.31. The van der Waals surface area contributed by atoms with Crippen LogP contribution in [0.25, 0.3) is 0 Å². The highest BCUT2D eigenvalue weighted by Crippen LogP contribution is 2.32. The molecule has 1 aromatic rings. The highest BCUT2D eigenvalue weighted by Gasteiger charge is 2.34. The normalized spacial score (nSPS) is 13.0. The molecule has 19 heavy (non-hydrogen) atoms. The van der Waals surface area contributed by atoms with E-state index < -0.39 is 32.5 Å². The third-order valence-electron chi connectivity index (χ3n) is 2.58. The van der Waals surface area contributed by atoms with Gasteiger partial charge in [0.25, 0.3) is 0 Å². The summed E-state index contributed by atoms with van der Waals surface area (Å²) in [6.07, 6.45) is -4.72. The molecule has 3 nitrogen and oxygen atoms in total. The molecule has 0 heterocycles. The van der Waals surface area contributed by atoms with E-state index in [1.54, 1.807) is 0 Å². The van der Waals surface area contributed by atoms with Crippen molar-refractivity contribution in [3.63, 3.8) is 0 Å². The van der Waals surface area contributed by atoms with Gasteiger partial charge in [-0.05, 0) is 18.2 Å². The fraction of sp³-hybridized carbons (Fsp3) is 0.455. The second-order valence-corrected chi connectivity index (χ2v) is 5.64. The van der Waals surface area contributed by atoms with E-state index in [0.717, 1.165) is 4.31 Å². The number of halogens is 4. The van der Waals surface area contributed by atoms with Crippen molar-refractivity contribution >= 4 is 10.0 Å². The Morgan fingerprint density at radius 1 is 1.16 bits per heavy atom. The van der Waals surface area contributed by atoms with Crippen molar-refractivity contribution in [1.82, 2.24) is 4.31 Å². The lowest BCUT2D eigenvalue weighted by atomic mass is 10.2. The summed E-state index contributed by atoms with van der Waals surface area (Å²) in [5.41, 5.74) is -1.19. The summed E-state index contributed by atoms with van der Waals surface area (Å²) in [6.45, 7) is 3.14. The van der Waals surface area contributed by atoms with Gasteiger partial charge in [-0.15, -0.1) is 0 Å². The van der Waals surface area contributed by atoms with E-state index in [9.17, 15) is 26.0 Å². The van der Waals surface area contributed by atoms with Crippen molar-refractivity contribution in [1.29, 1.82) is 0 Å². The van der Waals surface area contributed by atoms with Gasteiger partial charge in [0.1, 0.15) is 10.7 Å². The van der Waals surface area contributed by atoms with Crippen LogP contribution in [0.4, 0.5) is 17.6 Å². The first-order valence-corrected chi connectivity index (χ1v) is 6.95. The first-order chi connectivity index (χ1) is 8.64. The molecule has 108 valence electrons. The Morgan fingerprint density at radius 2 is 1.68 bits per heavy atom. The minimum absolute atomic E-state index is 0.0501. The van der Waals surface area contributed by atoms with E-state index in [0.29, 0.717) is 18.2 Å². The molecular formula is C11H13F4NO2S. The van der Waals surface area contributed by atoms with Crippen LogP contribution in [0.3, 0.4) is 0 Å². The van der Waals surface area contributed by atoms with Crippen LogP contribution in [0, 0.1) is 5.82 Å². The maximum atomic E-state index is 13.5. The zero-order valence-corrected chi connectivity index (χ0v) is 11.1. The van der Waals surface area contributed by atoms with Crippen molar-refractivity contribution in [2.75, 3.05) is 13.1 Å². The molecule has 0 aromatic heterocycles. The lowest BCUT2D eigenvalue weighted by Gasteiger charge is -2.19. The van der Waals surface area contributed by atoms with E-state index in [1.165, 1.54) is 13.8 Å². The molecule has 0 radical (unpaired) electrons. The fourth-order valence-corrected chi connectivity index (χ4v) is 3.13. The summed E-state index contributed by atoms with van der Waals surface area (Å²) in [6, 6.07) is 1.35. The van der Waals surface area contributed by atoms with E-state index in [1.807, 2.05) is 0 Å². The van der Waals surface area contributed by atoms with Gasteiger partial charge in [0.05, 0.1) is 5.56 Å². The monoisotopic (exact) mass is 299 g/mol. The van der Waals surface area contributed by atoms with Gasteiger partial charge in [0.15, 0.2) is 0 Å². The molecule has 0 aliphatic heterocycles. The van der Waals surface area contributed by atoms with Gasteiger partial charge in [-0.3, -0.25) is 0 Å². The van der Waals surface area contributed by atoms with Crippen molar-refractivity contribution in [3.05, 3.63) is 29.6 Å². The van der Waals surface area contributed by atoms with Gasteiger partial charge in [0, 0.05) is 13.1 Å². The largest absolute Gasteiger partial charge is 0.416 e. The molecule has 0 N–H and O–H groups in total. The van der Waals surface area contributed by atoms with Gasteiger partial charge in [-0.2, -0.15) is 17.5 Å². The molecule has 0 bridgehead atoms. The van der Waals surface area contributed by atoms with E-state index in [4.69, 9.17) is 0 Å². The predicted octanol–water partition coefficient (Wildman–Crippen LogP) is 2.88. The zero-order valence-electron chi connectivity index (χ0n) is 10.3. The van der Waals surface area contributed by atoms with Crippen LogP contribution in [-0.2, 0) is 16.2 Å². The van der Waals surface area contributed by atoms with Crippen molar-refractivity contribution in [3.8, 4) is 0 Å². The number of hydrogen-bond donors (Lipinski definition) is 0.